The van der Waals surface area contributed by atoms with Gasteiger partial charge in [0, 0.05) is 0 Å². The molecule has 0 spiro atoms. The number of rotatable bonds is 2. The quantitative estimate of drug-likeness (QED) is 0.778. The molecule has 20 heavy (non-hydrogen) atoms. The minimum Gasteiger partial charge on any atom is -0.465 e. The molecule has 2 rings (SSSR count). The third-order valence-corrected chi connectivity index (χ3v) is 3.47. The fourth-order valence-electron chi connectivity index (χ4n) is 2.32. The largest absolute Gasteiger partial charge is 0.465 e. The molecule has 3 atom stereocenters. The van der Waals surface area contributed by atoms with Crippen LogP contribution in [0.25, 0.3) is 0 Å². The number of benzene rings is 1. The van der Waals surface area contributed by atoms with Crippen molar-refractivity contribution >= 4 is 11.9 Å². The Morgan fingerprint density at radius 2 is 1.80 bits per heavy atom. The standard InChI is InChI=1S/C16H20O4/c1-11-10-19-16(18)14(8-12(2)20-15(11)17)9-13-6-4-3-5-7-13/h3-7,11-12,14H,8-10H2,1-2H3. The first-order valence-corrected chi connectivity index (χ1v) is 6.97. The molecule has 1 aliphatic heterocycles. The van der Waals surface area contributed by atoms with E-state index in [1.807, 2.05) is 37.3 Å². The predicted octanol–water partition coefficient (Wildman–Crippen LogP) is 2.36. The van der Waals surface area contributed by atoms with Gasteiger partial charge in [-0.25, -0.2) is 0 Å². The van der Waals surface area contributed by atoms with Gasteiger partial charge in [-0.3, -0.25) is 9.59 Å². The van der Waals surface area contributed by atoms with E-state index in [1.54, 1.807) is 6.92 Å². The van der Waals surface area contributed by atoms with Crippen LogP contribution in [0.1, 0.15) is 25.8 Å². The van der Waals surface area contributed by atoms with E-state index in [0.29, 0.717) is 12.8 Å². The van der Waals surface area contributed by atoms with Crippen LogP contribution in [0.2, 0.25) is 0 Å². The number of carbonyl (C=O) groups is 2. The molecule has 0 saturated carbocycles. The van der Waals surface area contributed by atoms with Crippen LogP contribution in [0.5, 0.6) is 0 Å². The van der Waals surface area contributed by atoms with Crippen LogP contribution >= 0.6 is 0 Å². The predicted molar refractivity (Wildman–Crippen MR) is 73.9 cm³/mol. The van der Waals surface area contributed by atoms with Gasteiger partial charge < -0.3 is 9.47 Å². The molecule has 1 heterocycles. The Balaban J connectivity index is 2.10. The zero-order valence-electron chi connectivity index (χ0n) is 11.9. The fourth-order valence-corrected chi connectivity index (χ4v) is 2.32. The molecular weight excluding hydrogens is 256 g/mol. The Morgan fingerprint density at radius 3 is 2.50 bits per heavy atom. The van der Waals surface area contributed by atoms with Crippen LogP contribution in [-0.4, -0.2) is 24.6 Å². The first-order valence-electron chi connectivity index (χ1n) is 6.97. The third-order valence-electron chi connectivity index (χ3n) is 3.47. The minimum absolute atomic E-state index is 0.0929. The molecule has 108 valence electrons. The molecule has 4 heteroatoms. The lowest BCUT2D eigenvalue weighted by atomic mass is 9.94. The summed E-state index contributed by atoms with van der Waals surface area (Å²) in [5, 5.41) is 0. The van der Waals surface area contributed by atoms with Crippen LogP contribution in [0.4, 0.5) is 0 Å². The highest BCUT2D eigenvalue weighted by molar-refractivity contribution is 5.76. The SMILES string of the molecule is CC1CC(Cc2ccccc2)C(=O)OCC(C)C(=O)O1. The van der Waals surface area contributed by atoms with Crippen LogP contribution in [0.3, 0.4) is 0 Å². The van der Waals surface area contributed by atoms with Gasteiger partial charge in [0.1, 0.15) is 6.61 Å². The summed E-state index contributed by atoms with van der Waals surface area (Å²) in [6.07, 6.45) is 0.826. The fraction of sp³-hybridized carbons (Fsp3) is 0.500. The lowest BCUT2D eigenvalue weighted by Gasteiger charge is -2.18. The molecule has 1 aromatic rings. The maximum atomic E-state index is 12.1. The number of hydrogen-bond acceptors (Lipinski definition) is 4. The second-order valence-electron chi connectivity index (χ2n) is 5.40. The van der Waals surface area contributed by atoms with Crippen molar-refractivity contribution in [1.82, 2.24) is 0 Å². The molecule has 1 fully saturated rings. The summed E-state index contributed by atoms with van der Waals surface area (Å²) in [5.41, 5.74) is 1.08. The summed E-state index contributed by atoms with van der Waals surface area (Å²) in [7, 11) is 0. The van der Waals surface area contributed by atoms with E-state index in [2.05, 4.69) is 0 Å². The molecule has 0 amide bonds. The summed E-state index contributed by atoms with van der Waals surface area (Å²) in [4.78, 5) is 23.8. The molecule has 0 aliphatic carbocycles. The second kappa shape index (κ2) is 6.55. The normalized spacial score (nSPS) is 27.8. The van der Waals surface area contributed by atoms with Crippen LogP contribution < -0.4 is 0 Å². The van der Waals surface area contributed by atoms with Gasteiger partial charge in [0.2, 0.25) is 0 Å². The second-order valence-corrected chi connectivity index (χ2v) is 5.40. The summed E-state index contributed by atoms with van der Waals surface area (Å²) in [5.74, 6) is -1.22. The van der Waals surface area contributed by atoms with Gasteiger partial charge >= 0.3 is 11.9 Å². The lowest BCUT2D eigenvalue weighted by Crippen LogP contribution is -2.24. The van der Waals surface area contributed by atoms with Gasteiger partial charge in [0.05, 0.1) is 17.9 Å². The average Bonchev–Trinajstić information content (AvgIpc) is 2.47. The van der Waals surface area contributed by atoms with Gasteiger partial charge in [0.15, 0.2) is 0 Å². The van der Waals surface area contributed by atoms with E-state index in [9.17, 15) is 9.59 Å². The van der Waals surface area contributed by atoms with Crippen molar-refractivity contribution in [3.05, 3.63) is 35.9 Å². The summed E-state index contributed by atoms with van der Waals surface area (Å²) in [6.45, 7) is 3.62. The topological polar surface area (TPSA) is 52.6 Å². The maximum absolute atomic E-state index is 12.1. The van der Waals surface area contributed by atoms with Crippen molar-refractivity contribution in [3.8, 4) is 0 Å². The zero-order chi connectivity index (χ0) is 14.5. The van der Waals surface area contributed by atoms with Crippen molar-refractivity contribution in [2.45, 2.75) is 32.8 Å². The van der Waals surface area contributed by atoms with Gasteiger partial charge in [-0.05, 0) is 32.3 Å². The van der Waals surface area contributed by atoms with Crippen molar-refractivity contribution in [1.29, 1.82) is 0 Å². The summed E-state index contributed by atoms with van der Waals surface area (Å²) in [6, 6.07) is 9.80. The first kappa shape index (κ1) is 14.6. The highest BCUT2D eigenvalue weighted by atomic mass is 16.6. The molecule has 0 radical (unpaired) electrons. The van der Waals surface area contributed by atoms with E-state index in [0.717, 1.165) is 5.56 Å². The Morgan fingerprint density at radius 1 is 1.10 bits per heavy atom. The van der Waals surface area contributed by atoms with E-state index in [-0.39, 0.29) is 30.6 Å². The highest BCUT2D eigenvalue weighted by Crippen LogP contribution is 2.20. The smallest absolute Gasteiger partial charge is 0.312 e. The molecule has 3 unspecified atom stereocenters. The van der Waals surface area contributed by atoms with E-state index in [4.69, 9.17) is 9.47 Å². The lowest BCUT2D eigenvalue weighted by molar-refractivity contribution is -0.154. The average molecular weight is 276 g/mol. The number of carbonyl (C=O) groups excluding carboxylic acids is 2. The Bertz CT molecular complexity index is 469. The van der Waals surface area contributed by atoms with Crippen molar-refractivity contribution in [3.63, 3.8) is 0 Å². The molecule has 1 saturated heterocycles. The summed E-state index contributed by atoms with van der Waals surface area (Å²) >= 11 is 0. The monoisotopic (exact) mass is 276 g/mol. The van der Waals surface area contributed by atoms with Crippen molar-refractivity contribution in [2.24, 2.45) is 11.8 Å². The van der Waals surface area contributed by atoms with Crippen LogP contribution in [0, 0.1) is 11.8 Å². The van der Waals surface area contributed by atoms with E-state index < -0.39 is 5.92 Å². The zero-order valence-corrected chi connectivity index (χ0v) is 11.9. The van der Waals surface area contributed by atoms with Gasteiger partial charge in [-0.2, -0.15) is 0 Å². The van der Waals surface area contributed by atoms with Gasteiger partial charge in [-0.1, -0.05) is 30.3 Å². The maximum Gasteiger partial charge on any atom is 0.312 e. The Hall–Kier alpha value is -1.84. The third kappa shape index (κ3) is 3.83. The van der Waals surface area contributed by atoms with Gasteiger partial charge in [-0.15, -0.1) is 0 Å². The number of ether oxygens (including phenoxy) is 2. The minimum atomic E-state index is -0.406. The molecule has 4 nitrogen and oxygen atoms in total. The van der Waals surface area contributed by atoms with E-state index in [1.165, 1.54) is 0 Å². The number of cyclic esters (lactones) is 2. The molecule has 1 aromatic carbocycles. The summed E-state index contributed by atoms with van der Waals surface area (Å²) < 4.78 is 10.6. The Labute approximate surface area is 119 Å². The first-order chi connectivity index (χ1) is 9.56. The van der Waals surface area contributed by atoms with Crippen LogP contribution in [-0.2, 0) is 25.5 Å². The number of hydrogen-bond donors (Lipinski definition) is 0. The molecule has 1 aliphatic rings. The van der Waals surface area contributed by atoms with E-state index >= 15 is 0 Å². The van der Waals surface area contributed by atoms with Crippen molar-refractivity contribution in [2.75, 3.05) is 6.61 Å². The van der Waals surface area contributed by atoms with Crippen LogP contribution in [0.15, 0.2) is 30.3 Å². The molecule has 0 bridgehead atoms. The number of esters is 2. The Kier molecular flexibility index (Phi) is 4.77. The molecule has 0 N–H and O–H groups in total. The van der Waals surface area contributed by atoms with Gasteiger partial charge in [0.25, 0.3) is 0 Å². The molecular formula is C16H20O4. The molecule has 0 aromatic heterocycles. The highest BCUT2D eigenvalue weighted by Gasteiger charge is 2.29. The van der Waals surface area contributed by atoms with Crippen molar-refractivity contribution < 1.29 is 19.1 Å².